The smallest absolute Gasteiger partial charge is 0.306 e. The van der Waals surface area contributed by atoms with Gasteiger partial charge < -0.3 is 10.1 Å². The van der Waals surface area contributed by atoms with Gasteiger partial charge in [-0.2, -0.15) is 5.26 Å². The van der Waals surface area contributed by atoms with Gasteiger partial charge in [0.1, 0.15) is 12.3 Å². The van der Waals surface area contributed by atoms with E-state index in [0.717, 1.165) is 0 Å². The Bertz CT molecular complexity index is 324. The van der Waals surface area contributed by atoms with Gasteiger partial charge in [0.15, 0.2) is 0 Å². The number of hydrogen-bond acceptors (Lipinski definition) is 5. The van der Waals surface area contributed by atoms with Crippen LogP contribution < -0.4 is 5.32 Å². The van der Waals surface area contributed by atoms with Crippen molar-refractivity contribution in [2.45, 2.75) is 18.6 Å². The second-order valence-electron chi connectivity index (χ2n) is 3.05. The number of nitrogens with zero attached hydrogens (tertiary/aromatic N) is 1. The predicted octanol–water partition coefficient (Wildman–Crippen LogP) is -0.674. The first kappa shape index (κ1) is 14.6. The summed E-state index contributed by atoms with van der Waals surface area (Å²) in [5, 5.41) is 10.0. The maximum atomic E-state index is 11.5. The molecular formula is C9H14N2O4S. The summed E-state index contributed by atoms with van der Waals surface area (Å²) >= 11 is 0. The molecule has 0 spiro atoms. The fourth-order valence-corrected chi connectivity index (χ4v) is 1.84. The first-order valence-electron chi connectivity index (χ1n) is 4.59. The molecule has 2 atom stereocenters. The van der Waals surface area contributed by atoms with Crippen LogP contribution in [0.5, 0.6) is 0 Å². The number of hydrogen-bond donors (Lipinski definition) is 1. The van der Waals surface area contributed by atoms with E-state index in [2.05, 4.69) is 10.1 Å². The van der Waals surface area contributed by atoms with Crippen LogP contribution in [0.15, 0.2) is 0 Å². The molecular weight excluding hydrogens is 232 g/mol. The molecule has 0 saturated heterocycles. The lowest BCUT2D eigenvalue weighted by molar-refractivity contribution is -0.140. The van der Waals surface area contributed by atoms with Gasteiger partial charge in [0.2, 0.25) is 5.91 Å². The molecule has 0 saturated carbocycles. The van der Waals surface area contributed by atoms with Gasteiger partial charge in [-0.3, -0.25) is 13.8 Å². The van der Waals surface area contributed by atoms with Crippen LogP contribution in [0.3, 0.4) is 0 Å². The molecule has 0 aromatic heterocycles. The van der Waals surface area contributed by atoms with Crippen molar-refractivity contribution in [1.82, 2.24) is 5.32 Å². The lowest BCUT2D eigenvalue weighted by Crippen LogP contribution is -2.31. The first-order valence-corrected chi connectivity index (χ1v) is 5.97. The minimum atomic E-state index is -1.44. The fourth-order valence-electron chi connectivity index (χ4n) is 0.872. The van der Waals surface area contributed by atoms with E-state index in [0.29, 0.717) is 0 Å². The van der Waals surface area contributed by atoms with Crippen LogP contribution in [0, 0.1) is 11.3 Å². The second-order valence-corrected chi connectivity index (χ2v) is 4.91. The Kier molecular flexibility index (Phi) is 7.12. The van der Waals surface area contributed by atoms with E-state index >= 15 is 0 Å². The number of rotatable bonds is 6. The SMILES string of the molecule is COC(=O)CC(C)S(=O)CC(=O)NCC#N. The standard InChI is InChI=1S/C9H14N2O4S/c1-7(5-9(13)15-2)16(14)6-8(12)11-4-3-10/h7H,4-6H2,1-2H3,(H,11,12). The zero-order valence-electron chi connectivity index (χ0n) is 9.19. The molecule has 6 nitrogen and oxygen atoms in total. The normalized spacial score (nSPS) is 13.3. The van der Waals surface area contributed by atoms with Crippen molar-refractivity contribution in [3.8, 4) is 6.07 Å². The molecule has 0 aromatic carbocycles. The molecule has 1 N–H and O–H groups in total. The van der Waals surface area contributed by atoms with Crippen LogP contribution in [-0.4, -0.2) is 40.7 Å². The number of nitrogens with one attached hydrogen (secondary N) is 1. The van der Waals surface area contributed by atoms with Gasteiger partial charge in [-0.05, 0) is 0 Å². The van der Waals surface area contributed by atoms with Crippen LogP contribution in [0.2, 0.25) is 0 Å². The van der Waals surface area contributed by atoms with Gasteiger partial charge in [0, 0.05) is 16.0 Å². The van der Waals surface area contributed by atoms with Crippen LogP contribution in [0.1, 0.15) is 13.3 Å². The number of carbonyl (C=O) groups is 2. The lowest BCUT2D eigenvalue weighted by atomic mass is 10.3. The molecule has 0 aromatic rings. The molecule has 0 radical (unpaired) electrons. The topological polar surface area (TPSA) is 96.3 Å². The predicted molar refractivity (Wildman–Crippen MR) is 57.7 cm³/mol. The monoisotopic (exact) mass is 246 g/mol. The molecule has 1 amide bonds. The molecule has 2 unspecified atom stereocenters. The van der Waals surface area contributed by atoms with E-state index in [1.165, 1.54) is 7.11 Å². The highest BCUT2D eigenvalue weighted by Gasteiger charge is 2.18. The van der Waals surface area contributed by atoms with Crippen LogP contribution in [0.25, 0.3) is 0 Å². The van der Waals surface area contributed by atoms with E-state index in [1.807, 2.05) is 0 Å². The van der Waals surface area contributed by atoms with Crippen molar-refractivity contribution in [1.29, 1.82) is 5.26 Å². The Labute approximate surface area is 96.4 Å². The molecule has 0 aliphatic carbocycles. The summed E-state index contributed by atoms with van der Waals surface area (Å²) < 4.78 is 16.0. The minimum absolute atomic E-state index is 0.00857. The third-order valence-electron chi connectivity index (χ3n) is 1.77. The molecule has 0 bridgehead atoms. The number of ether oxygens (including phenoxy) is 1. The maximum absolute atomic E-state index is 11.5. The second kappa shape index (κ2) is 7.82. The van der Waals surface area contributed by atoms with Crippen molar-refractivity contribution in [2.24, 2.45) is 0 Å². The summed E-state index contributed by atoms with van der Waals surface area (Å²) in [4.78, 5) is 22.0. The highest BCUT2D eigenvalue weighted by molar-refractivity contribution is 7.86. The summed E-state index contributed by atoms with van der Waals surface area (Å²) in [7, 11) is -0.195. The fraction of sp³-hybridized carbons (Fsp3) is 0.667. The van der Waals surface area contributed by atoms with Crippen LogP contribution >= 0.6 is 0 Å². The van der Waals surface area contributed by atoms with E-state index in [-0.39, 0.29) is 18.7 Å². The Morgan fingerprint density at radius 3 is 2.69 bits per heavy atom. The minimum Gasteiger partial charge on any atom is -0.469 e. The molecule has 0 aliphatic rings. The third-order valence-corrected chi connectivity index (χ3v) is 3.38. The molecule has 0 aliphatic heterocycles. The zero-order valence-corrected chi connectivity index (χ0v) is 10.0. The Hall–Kier alpha value is -1.42. The number of carbonyl (C=O) groups excluding carboxylic acids is 2. The zero-order chi connectivity index (χ0) is 12.6. The Morgan fingerprint density at radius 2 is 2.19 bits per heavy atom. The molecule has 90 valence electrons. The largest absolute Gasteiger partial charge is 0.469 e. The highest BCUT2D eigenvalue weighted by atomic mass is 32.2. The van der Waals surface area contributed by atoms with E-state index in [1.54, 1.807) is 13.0 Å². The van der Waals surface area contributed by atoms with Crippen molar-refractivity contribution in [3.63, 3.8) is 0 Å². The Balaban J connectivity index is 4.01. The van der Waals surface area contributed by atoms with Crippen molar-refractivity contribution in [3.05, 3.63) is 0 Å². The number of esters is 1. The van der Waals surface area contributed by atoms with Gasteiger partial charge in [0.25, 0.3) is 0 Å². The molecule has 7 heteroatoms. The summed E-state index contributed by atoms with van der Waals surface area (Å²) in [5.41, 5.74) is 0. The number of nitriles is 1. The van der Waals surface area contributed by atoms with Crippen molar-refractivity contribution in [2.75, 3.05) is 19.4 Å². The average molecular weight is 246 g/mol. The lowest BCUT2D eigenvalue weighted by Gasteiger charge is -2.09. The van der Waals surface area contributed by atoms with Gasteiger partial charge >= 0.3 is 5.97 Å². The van der Waals surface area contributed by atoms with E-state index in [9.17, 15) is 13.8 Å². The number of amides is 1. The molecule has 16 heavy (non-hydrogen) atoms. The van der Waals surface area contributed by atoms with Gasteiger partial charge in [0.05, 0.1) is 19.6 Å². The maximum Gasteiger partial charge on any atom is 0.306 e. The molecule has 0 heterocycles. The van der Waals surface area contributed by atoms with Crippen LogP contribution in [-0.2, 0) is 25.1 Å². The Morgan fingerprint density at radius 1 is 1.56 bits per heavy atom. The molecule has 0 rings (SSSR count). The highest BCUT2D eigenvalue weighted by Crippen LogP contribution is 2.02. The molecule has 0 fully saturated rings. The van der Waals surface area contributed by atoms with Gasteiger partial charge in [-0.1, -0.05) is 6.92 Å². The average Bonchev–Trinajstić information content (AvgIpc) is 2.25. The van der Waals surface area contributed by atoms with Crippen molar-refractivity contribution >= 4 is 22.7 Å². The summed E-state index contributed by atoms with van der Waals surface area (Å²) in [6, 6.07) is 1.74. The van der Waals surface area contributed by atoms with Crippen LogP contribution in [0.4, 0.5) is 0 Å². The quantitative estimate of drug-likeness (QED) is 0.495. The summed E-state index contributed by atoms with van der Waals surface area (Å²) in [6.45, 7) is 1.49. The van der Waals surface area contributed by atoms with Gasteiger partial charge in [-0.15, -0.1) is 0 Å². The number of methoxy groups -OCH3 is 1. The van der Waals surface area contributed by atoms with E-state index in [4.69, 9.17) is 5.26 Å². The van der Waals surface area contributed by atoms with E-state index < -0.39 is 27.9 Å². The summed E-state index contributed by atoms with van der Waals surface area (Å²) in [6.07, 6.45) is 0.00857. The summed E-state index contributed by atoms with van der Waals surface area (Å²) in [5.74, 6) is -1.13. The first-order chi connectivity index (χ1) is 7.51. The third kappa shape index (κ3) is 6.14. The van der Waals surface area contributed by atoms with Crippen molar-refractivity contribution < 1.29 is 18.5 Å². The van der Waals surface area contributed by atoms with Gasteiger partial charge in [-0.25, -0.2) is 0 Å².